The lowest BCUT2D eigenvalue weighted by Crippen LogP contribution is -2.26. The molecule has 0 aliphatic rings. The van der Waals surface area contributed by atoms with Crippen LogP contribution < -0.4 is 14.8 Å². The van der Waals surface area contributed by atoms with Crippen molar-refractivity contribution in [3.05, 3.63) is 77.9 Å². The van der Waals surface area contributed by atoms with Crippen molar-refractivity contribution in [1.82, 2.24) is 5.32 Å². The smallest absolute Gasteiger partial charge is 0.337 e. The van der Waals surface area contributed by atoms with E-state index >= 15 is 0 Å². The predicted octanol–water partition coefficient (Wildman–Crippen LogP) is 2.92. The Labute approximate surface area is 204 Å². The van der Waals surface area contributed by atoms with Crippen LogP contribution >= 0.6 is 0 Å². The highest BCUT2D eigenvalue weighted by Gasteiger charge is 2.13. The van der Waals surface area contributed by atoms with Gasteiger partial charge in [-0.15, -0.1) is 0 Å². The highest BCUT2D eigenvalue weighted by molar-refractivity contribution is 7.92. The average molecular weight is 501 g/mol. The van der Waals surface area contributed by atoms with E-state index in [-0.39, 0.29) is 24.0 Å². The molecule has 4 N–H and O–H groups in total. The van der Waals surface area contributed by atoms with Gasteiger partial charge in [0.05, 0.1) is 30.7 Å². The number of aromatic hydroxyl groups is 1. The summed E-state index contributed by atoms with van der Waals surface area (Å²) in [6, 6.07) is 18.9. The van der Waals surface area contributed by atoms with Crippen LogP contribution in [-0.4, -0.2) is 57.7 Å². The van der Waals surface area contributed by atoms with Gasteiger partial charge in [-0.2, -0.15) is 0 Å². The van der Waals surface area contributed by atoms with Gasteiger partial charge in [0, 0.05) is 13.1 Å². The fraction of sp³-hybridized carbons (Fsp3) is 0.240. The summed E-state index contributed by atoms with van der Waals surface area (Å²) in [5, 5.41) is 23.2. The SMILES string of the molecule is COC(=O)c1cccc(-c2ccc(OCCNC[C@H](O)c3ccc(O)c(NS(C)(=O)=O)c3)cc2)c1. The van der Waals surface area contributed by atoms with Gasteiger partial charge in [0.25, 0.3) is 0 Å². The first-order valence-corrected chi connectivity index (χ1v) is 12.7. The number of carbonyl (C=O) groups is 1. The number of aliphatic hydroxyl groups is 1. The third-order valence-electron chi connectivity index (χ3n) is 5.06. The highest BCUT2D eigenvalue weighted by Crippen LogP contribution is 2.28. The number of hydrogen-bond acceptors (Lipinski definition) is 8. The van der Waals surface area contributed by atoms with Crippen LogP contribution in [-0.2, 0) is 14.8 Å². The average Bonchev–Trinajstić information content (AvgIpc) is 2.84. The number of nitrogens with one attached hydrogen (secondary N) is 2. The molecule has 0 heterocycles. The zero-order chi connectivity index (χ0) is 25.4. The monoisotopic (exact) mass is 500 g/mol. The Morgan fingerprint density at radius 2 is 1.77 bits per heavy atom. The molecule has 3 aromatic carbocycles. The van der Waals surface area contributed by atoms with E-state index in [0.717, 1.165) is 17.4 Å². The van der Waals surface area contributed by atoms with Crippen LogP contribution in [0.3, 0.4) is 0 Å². The van der Waals surface area contributed by atoms with Crippen molar-refractivity contribution in [1.29, 1.82) is 0 Å². The summed E-state index contributed by atoms with van der Waals surface area (Å²) in [5.74, 6) is 0.0611. The Balaban J connectivity index is 1.47. The maximum Gasteiger partial charge on any atom is 0.337 e. The summed E-state index contributed by atoms with van der Waals surface area (Å²) in [6.45, 7) is 1.04. The first-order chi connectivity index (χ1) is 16.7. The number of phenolic OH excluding ortho intramolecular Hbond substituents is 1. The quantitative estimate of drug-likeness (QED) is 0.179. The fourth-order valence-corrected chi connectivity index (χ4v) is 3.89. The van der Waals surface area contributed by atoms with Crippen molar-refractivity contribution < 1.29 is 32.9 Å². The Morgan fingerprint density at radius 3 is 2.46 bits per heavy atom. The van der Waals surface area contributed by atoms with E-state index in [1.807, 2.05) is 30.3 Å². The number of rotatable bonds is 11. The molecule has 0 aromatic heterocycles. The van der Waals surface area contributed by atoms with E-state index < -0.39 is 16.1 Å². The van der Waals surface area contributed by atoms with Gasteiger partial charge in [0.2, 0.25) is 10.0 Å². The lowest BCUT2D eigenvalue weighted by Gasteiger charge is -2.15. The number of anilines is 1. The van der Waals surface area contributed by atoms with E-state index in [1.54, 1.807) is 18.2 Å². The number of methoxy groups -OCH3 is 1. The zero-order valence-electron chi connectivity index (χ0n) is 19.4. The second-order valence-electron chi connectivity index (χ2n) is 7.82. The van der Waals surface area contributed by atoms with Crippen LogP contribution in [0.25, 0.3) is 11.1 Å². The van der Waals surface area contributed by atoms with Gasteiger partial charge < -0.3 is 25.0 Å². The molecule has 35 heavy (non-hydrogen) atoms. The summed E-state index contributed by atoms with van der Waals surface area (Å²) in [5.41, 5.74) is 2.76. The molecular formula is C25H28N2O7S. The molecule has 186 valence electrons. The number of carbonyl (C=O) groups excluding carboxylic acids is 1. The summed E-state index contributed by atoms with van der Waals surface area (Å²) >= 11 is 0. The Hall–Kier alpha value is -3.60. The molecule has 0 aliphatic heterocycles. The van der Waals surface area contributed by atoms with Crippen LogP contribution in [0.1, 0.15) is 22.0 Å². The van der Waals surface area contributed by atoms with E-state index in [1.165, 1.54) is 25.3 Å². The Bertz CT molecular complexity index is 1260. The van der Waals surface area contributed by atoms with Crippen molar-refractivity contribution >= 4 is 21.7 Å². The molecule has 0 saturated carbocycles. The lowest BCUT2D eigenvalue weighted by molar-refractivity contribution is 0.0600. The van der Waals surface area contributed by atoms with Gasteiger partial charge in [0.1, 0.15) is 18.1 Å². The lowest BCUT2D eigenvalue weighted by atomic mass is 10.0. The Morgan fingerprint density at radius 1 is 1.03 bits per heavy atom. The number of ether oxygens (including phenoxy) is 2. The number of aliphatic hydroxyl groups excluding tert-OH is 1. The normalized spacial score (nSPS) is 12.1. The summed E-state index contributed by atoms with van der Waals surface area (Å²) < 4.78 is 35.5. The number of sulfonamides is 1. The zero-order valence-corrected chi connectivity index (χ0v) is 20.2. The second kappa shape index (κ2) is 11.7. The molecule has 0 aliphatic carbocycles. The molecule has 0 saturated heterocycles. The maximum atomic E-state index is 11.7. The van der Waals surface area contributed by atoms with Gasteiger partial charge in [0.15, 0.2) is 0 Å². The molecule has 0 unspecified atom stereocenters. The summed E-state index contributed by atoms with van der Waals surface area (Å²) in [6.07, 6.45) is 0.0727. The second-order valence-corrected chi connectivity index (χ2v) is 9.56. The summed E-state index contributed by atoms with van der Waals surface area (Å²) in [7, 11) is -2.21. The third kappa shape index (κ3) is 7.71. The van der Waals surface area contributed by atoms with E-state index in [4.69, 9.17) is 9.47 Å². The fourth-order valence-electron chi connectivity index (χ4n) is 3.33. The van der Waals surface area contributed by atoms with E-state index in [0.29, 0.717) is 30.0 Å². The van der Waals surface area contributed by atoms with Gasteiger partial charge in [-0.05, 0) is 53.1 Å². The van der Waals surface area contributed by atoms with Crippen molar-refractivity contribution in [3.63, 3.8) is 0 Å². The number of phenols is 1. The number of esters is 1. The van der Waals surface area contributed by atoms with Crippen LogP contribution in [0.5, 0.6) is 11.5 Å². The van der Waals surface area contributed by atoms with Crippen LogP contribution in [0.2, 0.25) is 0 Å². The summed E-state index contributed by atoms with van der Waals surface area (Å²) in [4.78, 5) is 11.7. The van der Waals surface area contributed by atoms with Crippen LogP contribution in [0.4, 0.5) is 5.69 Å². The molecular weight excluding hydrogens is 472 g/mol. The van der Waals surface area contributed by atoms with Crippen molar-refractivity contribution in [2.75, 3.05) is 37.8 Å². The molecule has 0 fully saturated rings. The molecule has 0 radical (unpaired) electrons. The highest BCUT2D eigenvalue weighted by atomic mass is 32.2. The standard InChI is InChI=1S/C25H28N2O7S/c1-33-25(30)20-5-3-4-18(14-20)17-6-9-21(10-7-17)34-13-12-26-16-24(29)19-8-11-23(28)22(15-19)27-35(2,31)32/h3-11,14-15,24,26-29H,12-13,16H2,1-2H3/t24-/m0/s1. The first-order valence-electron chi connectivity index (χ1n) is 10.8. The number of hydrogen-bond donors (Lipinski definition) is 4. The van der Waals surface area contributed by atoms with Crippen molar-refractivity contribution in [3.8, 4) is 22.6 Å². The topological polar surface area (TPSA) is 134 Å². The van der Waals surface area contributed by atoms with E-state index in [2.05, 4.69) is 10.0 Å². The van der Waals surface area contributed by atoms with Crippen LogP contribution in [0.15, 0.2) is 66.7 Å². The number of benzene rings is 3. The Kier molecular flexibility index (Phi) is 8.69. The third-order valence-corrected chi connectivity index (χ3v) is 5.65. The minimum atomic E-state index is -3.56. The molecule has 0 amide bonds. The maximum absolute atomic E-state index is 11.7. The van der Waals surface area contributed by atoms with Crippen molar-refractivity contribution in [2.24, 2.45) is 0 Å². The van der Waals surface area contributed by atoms with E-state index in [9.17, 15) is 23.4 Å². The molecule has 0 spiro atoms. The molecule has 1 atom stereocenters. The molecule has 9 nitrogen and oxygen atoms in total. The van der Waals surface area contributed by atoms with Crippen LogP contribution in [0, 0.1) is 0 Å². The minimum Gasteiger partial charge on any atom is -0.506 e. The molecule has 3 aromatic rings. The van der Waals surface area contributed by atoms with Gasteiger partial charge in [-0.1, -0.05) is 30.3 Å². The predicted molar refractivity (Wildman–Crippen MR) is 133 cm³/mol. The molecule has 0 bridgehead atoms. The molecule has 3 rings (SSSR count). The minimum absolute atomic E-state index is 0.00727. The van der Waals surface area contributed by atoms with Gasteiger partial charge in [-0.25, -0.2) is 13.2 Å². The largest absolute Gasteiger partial charge is 0.506 e. The first kappa shape index (κ1) is 26.0. The molecule has 10 heteroatoms. The van der Waals surface area contributed by atoms with Crippen molar-refractivity contribution in [2.45, 2.75) is 6.10 Å². The van der Waals surface area contributed by atoms with Gasteiger partial charge >= 0.3 is 5.97 Å². The van der Waals surface area contributed by atoms with Gasteiger partial charge in [-0.3, -0.25) is 4.72 Å².